The Bertz CT molecular complexity index is 903. The Morgan fingerprint density at radius 1 is 1.15 bits per heavy atom. The highest BCUT2D eigenvalue weighted by Crippen LogP contribution is 2.22. The molecule has 1 saturated heterocycles. The number of nitrogens with one attached hydrogen (secondary N) is 1. The van der Waals surface area contributed by atoms with Crippen molar-refractivity contribution in [3.63, 3.8) is 0 Å². The van der Waals surface area contributed by atoms with Gasteiger partial charge in [-0.15, -0.1) is 0 Å². The van der Waals surface area contributed by atoms with Crippen LogP contribution in [0.2, 0.25) is 0 Å². The van der Waals surface area contributed by atoms with Gasteiger partial charge in [-0.2, -0.15) is 0 Å². The standard InChI is InChI=1S/C19H21NO6S/c21-18(20-15-10-11-27(23,24)13-15)12-25-19(22)9-7-16-6-8-17(26-16)14-4-2-1-3-5-14/h1-6,8,15H,7,9-13H2,(H,20,21)/t15-/m0/s1. The lowest BCUT2D eigenvalue weighted by Gasteiger charge is -2.10. The fourth-order valence-electron chi connectivity index (χ4n) is 2.89. The molecule has 0 bridgehead atoms. The fourth-order valence-corrected chi connectivity index (χ4v) is 4.56. The first-order valence-corrected chi connectivity index (χ1v) is 10.5. The molecule has 1 amide bonds. The van der Waals surface area contributed by atoms with Crippen molar-refractivity contribution in [1.29, 1.82) is 0 Å². The number of amides is 1. The zero-order chi connectivity index (χ0) is 19.3. The summed E-state index contributed by atoms with van der Waals surface area (Å²) in [6.45, 7) is -0.414. The number of esters is 1. The molecule has 1 N–H and O–H groups in total. The van der Waals surface area contributed by atoms with Crippen LogP contribution in [0.3, 0.4) is 0 Å². The molecule has 1 aliphatic heterocycles. The van der Waals surface area contributed by atoms with E-state index in [-0.39, 0.29) is 17.9 Å². The minimum absolute atomic E-state index is 0.0606. The van der Waals surface area contributed by atoms with Gasteiger partial charge in [0.15, 0.2) is 16.4 Å². The second-order valence-electron chi connectivity index (χ2n) is 6.46. The number of hydrogen-bond acceptors (Lipinski definition) is 6. The molecule has 1 fully saturated rings. The van der Waals surface area contributed by atoms with Crippen molar-refractivity contribution in [2.75, 3.05) is 18.1 Å². The first-order valence-electron chi connectivity index (χ1n) is 8.71. The van der Waals surface area contributed by atoms with Gasteiger partial charge >= 0.3 is 5.97 Å². The molecule has 0 spiro atoms. The summed E-state index contributed by atoms with van der Waals surface area (Å²) in [6.07, 6.45) is 0.852. The first-order chi connectivity index (χ1) is 12.9. The lowest BCUT2D eigenvalue weighted by Crippen LogP contribution is -2.38. The van der Waals surface area contributed by atoms with Crippen molar-refractivity contribution in [3.05, 3.63) is 48.2 Å². The summed E-state index contributed by atoms with van der Waals surface area (Å²) in [6, 6.07) is 12.9. The predicted octanol–water partition coefficient (Wildman–Crippen LogP) is 1.73. The van der Waals surface area contributed by atoms with E-state index in [1.54, 1.807) is 0 Å². The smallest absolute Gasteiger partial charge is 0.306 e. The molecular weight excluding hydrogens is 370 g/mol. The maximum atomic E-state index is 11.8. The first kappa shape index (κ1) is 19.2. The van der Waals surface area contributed by atoms with Gasteiger partial charge in [-0.1, -0.05) is 30.3 Å². The van der Waals surface area contributed by atoms with Crippen LogP contribution in [0.25, 0.3) is 11.3 Å². The molecule has 2 aromatic rings. The normalized spacial score (nSPS) is 18.1. The van der Waals surface area contributed by atoms with Gasteiger partial charge in [-0.05, 0) is 18.6 Å². The Morgan fingerprint density at radius 3 is 2.63 bits per heavy atom. The zero-order valence-corrected chi connectivity index (χ0v) is 15.5. The largest absolute Gasteiger partial charge is 0.461 e. The van der Waals surface area contributed by atoms with Crippen LogP contribution >= 0.6 is 0 Å². The van der Waals surface area contributed by atoms with E-state index in [2.05, 4.69) is 5.32 Å². The maximum Gasteiger partial charge on any atom is 0.306 e. The van der Waals surface area contributed by atoms with E-state index in [9.17, 15) is 18.0 Å². The van der Waals surface area contributed by atoms with Gasteiger partial charge in [0.1, 0.15) is 11.5 Å². The molecule has 0 aliphatic carbocycles. The van der Waals surface area contributed by atoms with Gasteiger partial charge in [-0.3, -0.25) is 9.59 Å². The van der Waals surface area contributed by atoms with Gasteiger partial charge in [0.2, 0.25) is 0 Å². The van der Waals surface area contributed by atoms with E-state index in [0.717, 1.165) is 11.3 Å². The van der Waals surface area contributed by atoms with Crippen LogP contribution in [0, 0.1) is 0 Å². The molecule has 8 heteroatoms. The number of carbonyl (C=O) groups excluding carboxylic acids is 2. The molecule has 1 aromatic carbocycles. The molecule has 0 radical (unpaired) electrons. The quantitative estimate of drug-likeness (QED) is 0.721. The van der Waals surface area contributed by atoms with Crippen LogP contribution < -0.4 is 5.32 Å². The van der Waals surface area contributed by atoms with E-state index in [0.29, 0.717) is 18.6 Å². The molecule has 1 aromatic heterocycles. The predicted molar refractivity (Wildman–Crippen MR) is 98.6 cm³/mol. The molecule has 1 aliphatic rings. The van der Waals surface area contributed by atoms with Gasteiger partial charge in [0.05, 0.1) is 17.9 Å². The highest BCUT2D eigenvalue weighted by atomic mass is 32.2. The van der Waals surface area contributed by atoms with Gasteiger partial charge in [-0.25, -0.2) is 8.42 Å². The molecule has 0 saturated carbocycles. The monoisotopic (exact) mass is 391 g/mol. The van der Waals surface area contributed by atoms with Crippen molar-refractivity contribution >= 4 is 21.7 Å². The Morgan fingerprint density at radius 2 is 1.93 bits per heavy atom. The second-order valence-corrected chi connectivity index (χ2v) is 8.69. The maximum absolute atomic E-state index is 11.8. The lowest BCUT2D eigenvalue weighted by atomic mass is 10.2. The molecule has 0 unspecified atom stereocenters. The summed E-state index contributed by atoms with van der Waals surface area (Å²) in [5.74, 6) is 0.397. The highest BCUT2D eigenvalue weighted by Gasteiger charge is 2.29. The molecule has 3 rings (SSSR count). The molecule has 27 heavy (non-hydrogen) atoms. The Kier molecular flexibility index (Phi) is 5.95. The molecular formula is C19H21NO6S. The van der Waals surface area contributed by atoms with E-state index >= 15 is 0 Å². The lowest BCUT2D eigenvalue weighted by molar-refractivity contribution is -0.148. The number of ether oxygens (including phenoxy) is 1. The van der Waals surface area contributed by atoms with Crippen molar-refractivity contribution in [3.8, 4) is 11.3 Å². The minimum Gasteiger partial charge on any atom is -0.461 e. The second kappa shape index (κ2) is 8.39. The molecule has 144 valence electrons. The third-order valence-electron chi connectivity index (χ3n) is 4.26. The third-order valence-corrected chi connectivity index (χ3v) is 6.03. The average Bonchev–Trinajstić information content (AvgIpc) is 3.25. The summed E-state index contributed by atoms with van der Waals surface area (Å²) in [7, 11) is -3.06. The number of furan rings is 1. The number of rotatable bonds is 7. The number of sulfone groups is 1. The number of benzene rings is 1. The summed E-state index contributed by atoms with van der Waals surface area (Å²) < 4.78 is 33.4. The van der Waals surface area contributed by atoms with Gasteiger partial charge in [0, 0.05) is 18.0 Å². The summed E-state index contributed by atoms with van der Waals surface area (Å²) in [5.41, 5.74) is 0.955. The van der Waals surface area contributed by atoms with Gasteiger partial charge < -0.3 is 14.5 Å². The third kappa shape index (κ3) is 5.68. The molecule has 2 heterocycles. The van der Waals surface area contributed by atoms with Crippen molar-refractivity contribution in [2.24, 2.45) is 0 Å². The SMILES string of the molecule is O=C(COC(=O)CCc1ccc(-c2ccccc2)o1)N[C@H]1CCS(=O)(=O)C1. The van der Waals surface area contributed by atoms with Crippen LogP contribution in [0.15, 0.2) is 46.9 Å². The minimum atomic E-state index is -3.06. The summed E-state index contributed by atoms with van der Waals surface area (Å²) in [4.78, 5) is 23.5. The Balaban J connectivity index is 1.39. The summed E-state index contributed by atoms with van der Waals surface area (Å²) >= 11 is 0. The fraction of sp³-hybridized carbons (Fsp3) is 0.368. The van der Waals surface area contributed by atoms with Crippen LogP contribution in [0.4, 0.5) is 0 Å². The van der Waals surface area contributed by atoms with E-state index in [1.807, 2.05) is 42.5 Å². The number of hydrogen-bond donors (Lipinski definition) is 1. The van der Waals surface area contributed by atoms with Gasteiger partial charge in [0.25, 0.3) is 5.91 Å². The van der Waals surface area contributed by atoms with Crippen LogP contribution in [0.5, 0.6) is 0 Å². The Labute approximate surface area is 157 Å². The van der Waals surface area contributed by atoms with Crippen LogP contribution in [0.1, 0.15) is 18.6 Å². The Hall–Kier alpha value is -2.61. The van der Waals surface area contributed by atoms with Crippen molar-refractivity contribution in [1.82, 2.24) is 5.32 Å². The van der Waals surface area contributed by atoms with Crippen LogP contribution in [-0.4, -0.2) is 44.4 Å². The number of aryl methyl sites for hydroxylation is 1. The van der Waals surface area contributed by atoms with E-state index < -0.39 is 34.4 Å². The van der Waals surface area contributed by atoms with Crippen molar-refractivity contribution < 1.29 is 27.2 Å². The van der Waals surface area contributed by atoms with E-state index in [1.165, 1.54) is 0 Å². The zero-order valence-electron chi connectivity index (χ0n) is 14.7. The van der Waals surface area contributed by atoms with Crippen molar-refractivity contribution in [2.45, 2.75) is 25.3 Å². The highest BCUT2D eigenvalue weighted by molar-refractivity contribution is 7.91. The molecule has 1 atom stereocenters. The number of carbonyl (C=O) groups is 2. The molecule has 7 nitrogen and oxygen atoms in total. The average molecular weight is 391 g/mol. The topological polar surface area (TPSA) is 103 Å². The summed E-state index contributed by atoms with van der Waals surface area (Å²) in [5, 5.41) is 2.57. The van der Waals surface area contributed by atoms with E-state index in [4.69, 9.17) is 9.15 Å². The van der Waals surface area contributed by atoms with Crippen LogP contribution in [-0.2, 0) is 30.6 Å².